The highest BCUT2D eigenvalue weighted by molar-refractivity contribution is 6.30. The quantitative estimate of drug-likeness (QED) is 0.564. The standard InChI is InChI=1S/C18H22ClN5O3/c1-20-17(27)18-5-9(18)13(14(25)15(18)26)24-7-22-12-10(21-6-8-2-3-8)4-11(19)23-16(12)24/h4,7-9,13-15,25-26H,2-3,5-6H2,1H3,(H,20,27)(H,21,23)/t9-,13-,14+,15+,18+/m1/s1. The summed E-state index contributed by atoms with van der Waals surface area (Å²) in [4.78, 5) is 21.2. The maximum atomic E-state index is 12.3. The number of nitrogens with zero attached hydrogens (tertiary/aromatic N) is 3. The van der Waals surface area contributed by atoms with Crippen molar-refractivity contribution in [3.63, 3.8) is 0 Å². The third kappa shape index (κ3) is 2.40. The van der Waals surface area contributed by atoms with Gasteiger partial charge in [-0.05, 0) is 25.2 Å². The molecule has 144 valence electrons. The van der Waals surface area contributed by atoms with Gasteiger partial charge in [-0.15, -0.1) is 0 Å². The molecule has 2 aromatic heterocycles. The number of halogens is 1. The molecule has 3 aliphatic rings. The molecule has 27 heavy (non-hydrogen) atoms. The summed E-state index contributed by atoms with van der Waals surface area (Å²) in [6.45, 7) is 0.871. The number of carbonyl (C=O) groups is 1. The number of aliphatic hydroxyl groups is 2. The predicted octanol–water partition coefficient (Wildman–Crippen LogP) is 0.935. The monoisotopic (exact) mass is 391 g/mol. The van der Waals surface area contributed by atoms with Crippen LogP contribution in [0, 0.1) is 17.3 Å². The van der Waals surface area contributed by atoms with Gasteiger partial charge in [-0.2, -0.15) is 0 Å². The smallest absolute Gasteiger partial charge is 0.229 e. The van der Waals surface area contributed by atoms with Gasteiger partial charge >= 0.3 is 0 Å². The summed E-state index contributed by atoms with van der Waals surface area (Å²) in [6.07, 6.45) is 2.44. The Hall–Kier alpha value is -1.90. The zero-order chi connectivity index (χ0) is 18.9. The van der Waals surface area contributed by atoms with E-state index in [9.17, 15) is 15.0 Å². The number of amides is 1. The molecule has 2 aromatic rings. The van der Waals surface area contributed by atoms with Gasteiger partial charge in [0.15, 0.2) is 5.65 Å². The van der Waals surface area contributed by atoms with Crippen molar-refractivity contribution < 1.29 is 15.0 Å². The van der Waals surface area contributed by atoms with Gasteiger partial charge < -0.3 is 25.4 Å². The molecular weight excluding hydrogens is 370 g/mol. The van der Waals surface area contributed by atoms with E-state index in [2.05, 4.69) is 20.6 Å². The number of hydrogen-bond donors (Lipinski definition) is 4. The lowest BCUT2D eigenvalue weighted by Crippen LogP contribution is -2.41. The van der Waals surface area contributed by atoms with Crippen LogP contribution in [0.3, 0.4) is 0 Å². The highest BCUT2D eigenvalue weighted by Crippen LogP contribution is 2.67. The number of aromatic nitrogens is 3. The summed E-state index contributed by atoms with van der Waals surface area (Å²) in [5, 5.41) is 27.6. The average Bonchev–Trinajstić information content (AvgIpc) is 3.55. The highest BCUT2D eigenvalue weighted by Gasteiger charge is 2.75. The highest BCUT2D eigenvalue weighted by atomic mass is 35.5. The Bertz CT molecular complexity index is 929. The minimum absolute atomic E-state index is 0.163. The van der Waals surface area contributed by atoms with Crippen molar-refractivity contribution in [2.45, 2.75) is 37.5 Å². The second kappa shape index (κ2) is 5.80. The largest absolute Gasteiger partial charge is 0.389 e. The Morgan fingerprint density at radius 1 is 1.44 bits per heavy atom. The van der Waals surface area contributed by atoms with Gasteiger partial charge in [-0.3, -0.25) is 4.79 Å². The number of carbonyl (C=O) groups excluding carboxylic acids is 1. The lowest BCUT2D eigenvalue weighted by molar-refractivity contribution is -0.132. The van der Waals surface area contributed by atoms with Crippen molar-refractivity contribution >= 4 is 34.4 Å². The lowest BCUT2D eigenvalue weighted by atomic mass is 9.98. The molecule has 0 radical (unpaired) electrons. The lowest BCUT2D eigenvalue weighted by Gasteiger charge is -2.23. The van der Waals surface area contributed by atoms with Gasteiger partial charge in [0, 0.05) is 25.6 Å². The fourth-order valence-electron chi connectivity index (χ4n) is 4.69. The minimum atomic E-state index is -1.11. The first-order chi connectivity index (χ1) is 13.0. The van der Waals surface area contributed by atoms with Gasteiger partial charge in [-0.1, -0.05) is 11.6 Å². The Kier molecular flexibility index (Phi) is 3.70. The number of anilines is 1. The fourth-order valence-corrected chi connectivity index (χ4v) is 4.88. The molecule has 0 spiro atoms. The molecule has 4 N–H and O–H groups in total. The summed E-state index contributed by atoms with van der Waals surface area (Å²) in [7, 11) is 1.55. The topological polar surface area (TPSA) is 112 Å². The molecule has 0 bridgehead atoms. The number of fused-ring (bicyclic) bond motifs is 2. The van der Waals surface area contributed by atoms with E-state index in [4.69, 9.17) is 11.6 Å². The molecule has 2 heterocycles. The van der Waals surface area contributed by atoms with Crippen LogP contribution < -0.4 is 10.6 Å². The van der Waals surface area contributed by atoms with Gasteiger partial charge in [0.05, 0.1) is 29.6 Å². The minimum Gasteiger partial charge on any atom is -0.389 e. The van der Waals surface area contributed by atoms with Crippen molar-refractivity contribution in [2.24, 2.45) is 17.3 Å². The third-order valence-electron chi connectivity index (χ3n) is 6.42. The Labute approximate surface area is 160 Å². The van der Waals surface area contributed by atoms with E-state index in [1.165, 1.54) is 12.8 Å². The molecule has 3 aliphatic carbocycles. The van der Waals surface area contributed by atoms with Crippen LogP contribution >= 0.6 is 11.6 Å². The van der Waals surface area contributed by atoms with Crippen molar-refractivity contribution in [3.8, 4) is 0 Å². The van der Waals surface area contributed by atoms with E-state index in [1.54, 1.807) is 24.0 Å². The van der Waals surface area contributed by atoms with Crippen molar-refractivity contribution in [3.05, 3.63) is 17.5 Å². The Morgan fingerprint density at radius 2 is 2.22 bits per heavy atom. The Morgan fingerprint density at radius 3 is 2.93 bits per heavy atom. The summed E-state index contributed by atoms with van der Waals surface area (Å²) in [6, 6.07) is 1.29. The first kappa shape index (κ1) is 17.2. The number of rotatable bonds is 5. The molecule has 0 saturated heterocycles. The molecule has 8 nitrogen and oxygen atoms in total. The van der Waals surface area contributed by atoms with E-state index >= 15 is 0 Å². The Balaban J connectivity index is 1.53. The van der Waals surface area contributed by atoms with Crippen LogP contribution in [0.5, 0.6) is 0 Å². The molecule has 5 rings (SSSR count). The summed E-state index contributed by atoms with van der Waals surface area (Å²) < 4.78 is 1.76. The zero-order valence-corrected chi connectivity index (χ0v) is 15.6. The molecular formula is C18H22ClN5O3. The van der Waals surface area contributed by atoms with E-state index in [0.29, 0.717) is 28.7 Å². The van der Waals surface area contributed by atoms with Gasteiger partial charge in [-0.25, -0.2) is 9.97 Å². The third-order valence-corrected chi connectivity index (χ3v) is 6.61. The van der Waals surface area contributed by atoms with Crippen LogP contribution in [0.1, 0.15) is 25.3 Å². The molecule has 0 aromatic carbocycles. The van der Waals surface area contributed by atoms with Crippen LogP contribution in [-0.4, -0.2) is 56.5 Å². The molecule has 3 saturated carbocycles. The number of nitrogens with one attached hydrogen (secondary N) is 2. The first-order valence-corrected chi connectivity index (χ1v) is 9.70. The van der Waals surface area contributed by atoms with Crippen molar-refractivity contribution in [1.29, 1.82) is 0 Å². The van der Waals surface area contributed by atoms with Crippen LogP contribution in [0.15, 0.2) is 12.4 Å². The number of aliphatic hydroxyl groups excluding tert-OH is 2. The van der Waals surface area contributed by atoms with Crippen molar-refractivity contribution in [1.82, 2.24) is 19.9 Å². The van der Waals surface area contributed by atoms with Crippen LogP contribution in [0.2, 0.25) is 5.15 Å². The summed E-state index contributed by atoms with van der Waals surface area (Å²) in [5.74, 6) is 0.299. The first-order valence-electron chi connectivity index (χ1n) is 9.32. The number of hydrogen-bond acceptors (Lipinski definition) is 6. The van der Waals surface area contributed by atoms with Crippen LogP contribution in [-0.2, 0) is 4.79 Å². The fraction of sp³-hybridized carbons (Fsp3) is 0.611. The summed E-state index contributed by atoms with van der Waals surface area (Å²) in [5.41, 5.74) is 1.12. The molecule has 0 unspecified atom stereocenters. The average molecular weight is 392 g/mol. The second-order valence-corrected chi connectivity index (χ2v) is 8.38. The van der Waals surface area contributed by atoms with Crippen LogP contribution in [0.25, 0.3) is 11.2 Å². The zero-order valence-electron chi connectivity index (χ0n) is 14.9. The van der Waals surface area contributed by atoms with E-state index in [-0.39, 0.29) is 11.8 Å². The maximum absolute atomic E-state index is 12.3. The molecule has 0 aliphatic heterocycles. The van der Waals surface area contributed by atoms with Crippen LogP contribution in [0.4, 0.5) is 5.69 Å². The van der Waals surface area contributed by atoms with Gasteiger partial charge in [0.1, 0.15) is 16.8 Å². The van der Waals surface area contributed by atoms with E-state index < -0.39 is 23.7 Å². The number of imidazole rings is 1. The molecule has 1 amide bonds. The molecule has 3 fully saturated rings. The maximum Gasteiger partial charge on any atom is 0.229 e. The van der Waals surface area contributed by atoms with E-state index in [1.807, 2.05) is 0 Å². The SMILES string of the molecule is CNC(=O)[C@@]12C[C@@H]1[C@@H](n1cnc3c(NCC4CC4)cc(Cl)nc31)[C@H](O)[C@@H]2O. The van der Waals surface area contributed by atoms with Crippen molar-refractivity contribution in [2.75, 3.05) is 18.9 Å². The van der Waals surface area contributed by atoms with E-state index in [0.717, 1.165) is 12.2 Å². The number of pyridine rings is 1. The molecule has 9 heteroatoms. The normalized spacial score (nSPS) is 34.5. The second-order valence-electron chi connectivity index (χ2n) is 8.00. The predicted molar refractivity (Wildman–Crippen MR) is 99.4 cm³/mol. The van der Waals surface area contributed by atoms with Gasteiger partial charge in [0.25, 0.3) is 0 Å². The summed E-state index contributed by atoms with van der Waals surface area (Å²) >= 11 is 6.23. The van der Waals surface area contributed by atoms with Gasteiger partial charge in [0.2, 0.25) is 5.91 Å². The molecule has 5 atom stereocenters.